The van der Waals surface area contributed by atoms with Crippen LogP contribution in [0.15, 0.2) is 29.6 Å². The summed E-state index contributed by atoms with van der Waals surface area (Å²) in [6.07, 6.45) is 0. The maximum Gasteiger partial charge on any atom is 0.128 e. The molecule has 0 aliphatic heterocycles. The second-order valence-electron chi connectivity index (χ2n) is 5.84. The van der Waals surface area contributed by atoms with Crippen LogP contribution in [0.3, 0.4) is 0 Å². The zero-order valence-corrected chi connectivity index (χ0v) is 13.3. The summed E-state index contributed by atoms with van der Waals surface area (Å²) in [5.41, 5.74) is 8.25. The molecule has 2 rings (SSSR count). The first-order valence-corrected chi connectivity index (χ1v) is 7.74. The molecule has 0 saturated carbocycles. The van der Waals surface area contributed by atoms with E-state index in [9.17, 15) is 0 Å². The number of thiazole rings is 1. The van der Waals surface area contributed by atoms with Gasteiger partial charge in [0.1, 0.15) is 10.8 Å². The van der Waals surface area contributed by atoms with Crippen LogP contribution < -0.4 is 10.5 Å². The molecule has 0 radical (unpaired) electrons. The monoisotopic (exact) mass is 290 g/mol. The first-order valence-electron chi connectivity index (χ1n) is 6.86. The van der Waals surface area contributed by atoms with Crippen LogP contribution in [0.5, 0.6) is 5.75 Å². The molecule has 0 aliphatic carbocycles. The van der Waals surface area contributed by atoms with Gasteiger partial charge >= 0.3 is 0 Å². The Balaban J connectivity index is 2.34. The number of hydrogen-bond donors (Lipinski definition) is 1. The average Bonchev–Trinajstić information content (AvgIpc) is 2.87. The summed E-state index contributed by atoms with van der Waals surface area (Å²) >= 11 is 1.61. The van der Waals surface area contributed by atoms with E-state index in [1.807, 2.05) is 31.2 Å². The second kappa shape index (κ2) is 5.94. The molecular formula is C16H22N2OS. The third-order valence-corrected chi connectivity index (χ3v) is 4.11. The Morgan fingerprint density at radius 3 is 2.65 bits per heavy atom. The van der Waals surface area contributed by atoms with Crippen LogP contribution in [-0.4, -0.2) is 11.6 Å². The minimum absolute atomic E-state index is 0.00849. The topological polar surface area (TPSA) is 48.1 Å². The van der Waals surface area contributed by atoms with Crippen LogP contribution in [0.1, 0.15) is 38.7 Å². The first kappa shape index (κ1) is 15.0. The van der Waals surface area contributed by atoms with Crippen LogP contribution in [0.25, 0.3) is 11.3 Å². The highest BCUT2D eigenvalue weighted by Crippen LogP contribution is 2.36. The molecule has 108 valence electrons. The molecule has 0 fully saturated rings. The van der Waals surface area contributed by atoms with Crippen molar-refractivity contribution in [1.29, 1.82) is 0 Å². The number of rotatable bonds is 4. The Labute approximate surface area is 124 Å². The van der Waals surface area contributed by atoms with Crippen LogP contribution in [0.4, 0.5) is 0 Å². The lowest BCUT2D eigenvalue weighted by atomic mass is 9.88. The molecule has 4 heteroatoms. The summed E-state index contributed by atoms with van der Waals surface area (Å²) in [4.78, 5) is 4.70. The highest BCUT2D eigenvalue weighted by Gasteiger charge is 2.25. The van der Waals surface area contributed by atoms with Crippen molar-refractivity contribution >= 4 is 11.3 Å². The molecule has 1 atom stereocenters. The fourth-order valence-corrected chi connectivity index (χ4v) is 2.95. The van der Waals surface area contributed by atoms with Gasteiger partial charge in [0.2, 0.25) is 0 Å². The SMILES string of the molecule is CCOc1ccccc1-c1csc(C(N)C(C)(C)C)n1. The van der Waals surface area contributed by atoms with Gasteiger partial charge in [-0.2, -0.15) is 0 Å². The van der Waals surface area contributed by atoms with Gasteiger partial charge < -0.3 is 10.5 Å². The van der Waals surface area contributed by atoms with Crippen molar-refractivity contribution in [2.24, 2.45) is 11.1 Å². The molecular weight excluding hydrogens is 268 g/mol. The third-order valence-electron chi connectivity index (χ3n) is 3.18. The Morgan fingerprint density at radius 1 is 1.30 bits per heavy atom. The maximum absolute atomic E-state index is 6.28. The van der Waals surface area contributed by atoms with Crippen molar-refractivity contribution in [1.82, 2.24) is 4.98 Å². The van der Waals surface area contributed by atoms with Gasteiger partial charge in [-0.05, 0) is 24.5 Å². The lowest BCUT2D eigenvalue weighted by Gasteiger charge is -2.24. The third kappa shape index (κ3) is 3.19. The number of nitrogens with two attached hydrogens (primary N) is 1. The van der Waals surface area contributed by atoms with E-state index in [4.69, 9.17) is 15.5 Å². The zero-order chi connectivity index (χ0) is 14.8. The molecule has 2 N–H and O–H groups in total. The smallest absolute Gasteiger partial charge is 0.128 e. The van der Waals surface area contributed by atoms with Gasteiger partial charge in [-0.15, -0.1) is 11.3 Å². The van der Waals surface area contributed by atoms with E-state index in [1.54, 1.807) is 11.3 Å². The van der Waals surface area contributed by atoms with Gasteiger partial charge in [0.15, 0.2) is 0 Å². The minimum Gasteiger partial charge on any atom is -0.493 e. The molecule has 1 heterocycles. The average molecular weight is 290 g/mol. The van der Waals surface area contributed by atoms with Crippen molar-refractivity contribution in [3.8, 4) is 17.0 Å². The lowest BCUT2D eigenvalue weighted by molar-refractivity contribution is 0.326. The van der Waals surface area contributed by atoms with E-state index >= 15 is 0 Å². The van der Waals surface area contributed by atoms with Crippen molar-refractivity contribution < 1.29 is 4.74 Å². The quantitative estimate of drug-likeness (QED) is 0.915. The molecule has 0 spiro atoms. The number of para-hydroxylation sites is 1. The fraction of sp³-hybridized carbons (Fsp3) is 0.438. The van der Waals surface area contributed by atoms with E-state index in [0.717, 1.165) is 22.0 Å². The summed E-state index contributed by atoms with van der Waals surface area (Å²) in [5, 5.41) is 3.03. The summed E-state index contributed by atoms with van der Waals surface area (Å²) in [6, 6.07) is 7.93. The Kier molecular flexibility index (Phi) is 4.45. The number of hydrogen-bond acceptors (Lipinski definition) is 4. The van der Waals surface area contributed by atoms with Crippen molar-refractivity contribution in [3.63, 3.8) is 0 Å². The first-order chi connectivity index (χ1) is 9.43. The van der Waals surface area contributed by atoms with Crippen LogP contribution in [0.2, 0.25) is 0 Å². The van der Waals surface area contributed by atoms with Gasteiger partial charge in [-0.1, -0.05) is 32.9 Å². The standard InChI is InChI=1S/C16H22N2OS/c1-5-19-13-9-7-6-8-11(13)12-10-20-15(18-12)14(17)16(2,3)4/h6-10,14H,5,17H2,1-4H3. The molecule has 20 heavy (non-hydrogen) atoms. The van der Waals surface area contributed by atoms with E-state index in [1.165, 1.54) is 0 Å². The number of ether oxygens (including phenoxy) is 1. The van der Waals surface area contributed by atoms with Gasteiger partial charge in [-0.25, -0.2) is 4.98 Å². The molecule has 0 aliphatic rings. The normalized spacial score (nSPS) is 13.2. The van der Waals surface area contributed by atoms with Gasteiger partial charge in [0.25, 0.3) is 0 Å². The lowest BCUT2D eigenvalue weighted by Crippen LogP contribution is -2.26. The fourth-order valence-electron chi connectivity index (χ4n) is 1.88. The van der Waals surface area contributed by atoms with Gasteiger partial charge in [-0.3, -0.25) is 0 Å². The highest BCUT2D eigenvalue weighted by atomic mass is 32.1. The van der Waals surface area contributed by atoms with Crippen molar-refractivity contribution in [3.05, 3.63) is 34.7 Å². The minimum atomic E-state index is -0.0551. The number of benzene rings is 1. The molecule has 0 bridgehead atoms. The summed E-state index contributed by atoms with van der Waals surface area (Å²) in [7, 11) is 0. The number of aromatic nitrogens is 1. The van der Waals surface area contributed by atoms with Crippen LogP contribution >= 0.6 is 11.3 Å². The highest BCUT2D eigenvalue weighted by molar-refractivity contribution is 7.10. The second-order valence-corrected chi connectivity index (χ2v) is 6.73. The van der Waals surface area contributed by atoms with Crippen molar-refractivity contribution in [2.75, 3.05) is 6.61 Å². The predicted molar refractivity (Wildman–Crippen MR) is 85.1 cm³/mol. The molecule has 3 nitrogen and oxygen atoms in total. The van der Waals surface area contributed by atoms with E-state index in [2.05, 4.69) is 26.2 Å². The molecule has 0 amide bonds. The molecule has 1 aromatic carbocycles. The van der Waals surface area contributed by atoms with E-state index in [0.29, 0.717) is 6.61 Å². The van der Waals surface area contributed by atoms with Gasteiger partial charge in [0.05, 0.1) is 18.3 Å². The largest absolute Gasteiger partial charge is 0.493 e. The Morgan fingerprint density at radius 2 is 2.00 bits per heavy atom. The van der Waals surface area contributed by atoms with Gasteiger partial charge in [0, 0.05) is 10.9 Å². The molecule has 1 unspecified atom stereocenters. The predicted octanol–water partition coefficient (Wildman–Crippen LogP) is 4.25. The van der Waals surface area contributed by atoms with Crippen LogP contribution in [-0.2, 0) is 0 Å². The number of nitrogens with zero attached hydrogens (tertiary/aromatic N) is 1. The van der Waals surface area contributed by atoms with E-state index in [-0.39, 0.29) is 11.5 Å². The Hall–Kier alpha value is -1.39. The zero-order valence-electron chi connectivity index (χ0n) is 12.5. The maximum atomic E-state index is 6.28. The van der Waals surface area contributed by atoms with Crippen LogP contribution in [0, 0.1) is 5.41 Å². The molecule has 1 aromatic heterocycles. The van der Waals surface area contributed by atoms with E-state index < -0.39 is 0 Å². The summed E-state index contributed by atoms with van der Waals surface area (Å²) in [6.45, 7) is 9.03. The molecule has 0 saturated heterocycles. The Bertz CT molecular complexity index is 572. The molecule has 2 aromatic rings. The van der Waals surface area contributed by atoms with Crippen molar-refractivity contribution in [2.45, 2.75) is 33.7 Å². The summed E-state index contributed by atoms with van der Waals surface area (Å²) in [5.74, 6) is 0.871. The summed E-state index contributed by atoms with van der Waals surface area (Å²) < 4.78 is 5.66.